The third kappa shape index (κ3) is 4.14. The van der Waals surface area contributed by atoms with Crippen LogP contribution < -0.4 is 5.73 Å². The number of anilines is 1. The maximum absolute atomic E-state index is 6.24. The Morgan fingerprint density at radius 1 is 1.15 bits per heavy atom. The molecular weight excluding hydrogens is 291 g/mol. The van der Waals surface area contributed by atoms with Crippen molar-refractivity contribution in [3.05, 3.63) is 64.7 Å². The first-order valence-electron chi connectivity index (χ1n) is 6.37. The van der Waals surface area contributed by atoms with Crippen LogP contribution in [0, 0.1) is 0 Å². The van der Waals surface area contributed by atoms with Crippen molar-refractivity contribution in [2.75, 3.05) is 12.8 Å². The van der Waals surface area contributed by atoms with Crippen molar-refractivity contribution in [2.45, 2.75) is 19.5 Å². The molecule has 0 radical (unpaired) electrons. The lowest BCUT2D eigenvalue weighted by Gasteiger charge is -2.26. The molecule has 4 heteroatoms. The van der Waals surface area contributed by atoms with Crippen molar-refractivity contribution < 1.29 is 0 Å². The lowest BCUT2D eigenvalue weighted by atomic mass is 10.1. The van der Waals surface area contributed by atoms with E-state index < -0.39 is 0 Å². The molecule has 0 heterocycles. The van der Waals surface area contributed by atoms with Crippen molar-refractivity contribution in [2.24, 2.45) is 0 Å². The van der Waals surface area contributed by atoms with Gasteiger partial charge in [-0.25, -0.2) is 0 Å². The molecule has 0 aliphatic rings. The van der Waals surface area contributed by atoms with E-state index in [1.807, 2.05) is 36.4 Å². The predicted molar refractivity (Wildman–Crippen MR) is 89.4 cm³/mol. The maximum atomic E-state index is 6.24. The summed E-state index contributed by atoms with van der Waals surface area (Å²) in [4.78, 5) is 2.26. The van der Waals surface area contributed by atoms with E-state index >= 15 is 0 Å². The second kappa shape index (κ2) is 7.53. The highest BCUT2D eigenvalue weighted by Gasteiger charge is 2.14. The summed E-state index contributed by atoms with van der Waals surface area (Å²) >= 11 is 6.24. The van der Waals surface area contributed by atoms with E-state index in [4.69, 9.17) is 17.3 Å². The minimum Gasteiger partial charge on any atom is -0.399 e. The van der Waals surface area contributed by atoms with Crippen LogP contribution in [0.25, 0.3) is 0 Å². The smallest absolute Gasteiger partial charge is 0.0453 e. The molecule has 2 N–H and O–H groups in total. The summed E-state index contributed by atoms with van der Waals surface area (Å²) in [5, 5.41) is 0.814. The Kier molecular flexibility index (Phi) is 6.34. The van der Waals surface area contributed by atoms with E-state index in [9.17, 15) is 0 Å². The molecule has 20 heavy (non-hydrogen) atoms. The number of halogens is 2. The van der Waals surface area contributed by atoms with Crippen LogP contribution in [0.5, 0.6) is 0 Å². The molecule has 2 aromatic carbocycles. The quantitative estimate of drug-likeness (QED) is 0.840. The third-order valence-corrected chi connectivity index (χ3v) is 3.74. The SMILES string of the molecule is CC(c1ccccc1Cl)N(C)Cc1cccc(N)c1.Cl. The van der Waals surface area contributed by atoms with E-state index in [1.54, 1.807) is 0 Å². The Morgan fingerprint density at radius 3 is 2.50 bits per heavy atom. The van der Waals surface area contributed by atoms with Gasteiger partial charge in [0.1, 0.15) is 0 Å². The van der Waals surface area contributed by atoms with Crippen LogP contribution in [0.2, 0.25) is 5.02 Å². The predicted octanol–water partition coefficient (Wildman–Crippen LogP) is 4.54. The highest BCUT2D eigenvalue weighted by atomic mass is 35.5. The molecule has 2 aromatic rings. The first kappa shape index (κ1) is 16.8. The zero-order valence-electron chi connectivity index (χ0n) is 11.7. The number of hydrogen-bond acceptors (Lipinski definition) is 2. The molecule has 0 amide bonds. The minimum absolute atomic E-state index is 0. The van der Waals surface area contributed by atoms with Gasteiger partial charge in [0.2, 0.25) is 0 Å². The summed E-state index contributed by atoms with van der Waals surface area (Å²) in [6, 6.07) is 16.2. The minimum atomic E-state index is 0. The Labute approximate surface area is 132 Å². The van der Waals surface area contributed by atoms with Gasteiger partial charge in [-0.05, 0) is 43.3 Å². The zero-order chi connectivity index (χ0) is 13.8. The molecule has 2 nitrogen and oxygen atoms in total. The van der Waals surface area contributed by atoms with Crippen LogP contribution in [0.4, 0.5) is 5.69 Å². The van der Waals surface area contributed by atoms with Crippen LogP contribution in [0.15, 0.2) is 48.5 Å². The van der Waals surface area contributed by atoms with Gasteiger partial charge in [0.05, 0.1) is 0 Å². The van der Waals surface area contributed by atoms with E-state index in [-0.39, 0.29) is 18.4 Å². The van der Waals surface area contributed by atoms with Gasteiger partial charge in [-0.1, -0.05) is 41.9 Å². The standard InChI is InChI=1S/C16H19ClN2.ClH/c1-12(15-8-3-4-9-16(15)17)19(2)11-13-6-5-7-14(18)10-13;/h3-10,12H,11,18H2,1-2H3;1H. The Bertz CT molecular complexity index is 558. The summed E-state index contributed by atoms with van der Waals surface area (Å²) < 4.78 is 0. The molecule has 1 atom stereocenters. The Balaban J connectivity index is 0.00000200. The number of nitrogens with zero attached hydrogens (tertiary/aromatic N) is 1. The van der Waals surface area contributed by atoms with Gasteiger partial charge >= 0.3 is 0 Å². The molecule has 1 unspecified atom stereocenters. The van der Waals surface area contributed by atoms with E-state index in [0.717, 1.165) is 22.8 Å². The van der Waals surface area contributed by atoms with Crippen LogP contribution in [0.3, 0.4) is 0 Å². The first-order valence-corrected chi connectivity index (χ1v) is 6.75. The third-order valence-electron chi connectivity index (χ3n) is 3.40. The molecule has 0 fully saturated rings. The van der Waals surface area contributed by atoms with Crippen molar-refractivity contribution in [1.29, 1.82) is 0 Å². The lowest BCUT2D eigenvalue weighted by Crippen LogP contribution is -2.22. The largest absolute Gasteiger partial charge is 0.399 e. The van der Waals surface area contributed by atoms with Crippen molar-refractivity contribution in [3.63, 3.8) is 0 Å². The average Bonchev–Trinajstić information content (AvgIpc) is 2.38. The molecule has 0 aromatic heterocycles. The van der Waals surface area contributed by atoms with Crippen molar-refractivity contribution in [1.82, 2.24) is 4.90 Å². The monoisotopic (exact) mass is 310 g/mol. The number of hydrogen-bond donors (Lipinski definition) is 1. The highest BCUT2D eigenvalue weighted by molar-refractivity contribution is 6.31. The molecule has 108 valence electrons. The van der Waals surface area contributed by atoms with Gasteiger partial charge in [0, 0.05) is 23.3 Å². The lowest BCUT2D eigenvalue weighted by molar-refractivity contribution is 0.253. The van der Waals surface area contributed by atoms with Crippen LogP contribution in [-0.2, 0) is 6.54 Å². The summed E-state index contributed by atoms with van der Waals surface area (Å²) in [5.41, 5.74) is 8.97. The fraction of sp³-hybridized carbons (Fsp3) is 0.250. The highest BCUT2D eigenvalue weighted by Crippen LogP contribution is 2.27. The topological polar surface area (TPSA) is 29.3 Å². The van der Waals surface area contributed by atoms with Crippen molar-refractivity contribution in [3.8, 4) is 0 Å². The normalized spacial score (nSPS) is 12.0. The summed E-state index contributed by atoms with van der Waals surface area (Å²) in [6.07, 6.45) is 0. The number of rotatable bonds is 4. The number of benzene rings is 2. The fourth-order valence-electron chi connectivity index (χ4n) is 2.17. The van der Waals surface area contributed by atoms with Gasteiger partial charge in [-0.3, -0.25) is 4.90 Å². The fourth-order valence-corrected chi connectivity index (χ4v) is 2.46. The van der Waals surface area contributed by atoms with E-state index in [0.29, 0.717) is 0 Å². The zero-order valence-corrected chi connectivity index (χ0v) is 13.3. The molecule has 0 bridgehead atoms. The molecule has 2 rings (SSSR count). The summed E-state index contributed by atoms with van der Waals surface area (Å²) in [7, 11) is 2.09. The number of nitrogens with two attached hydrogens (primary N) is 1. The summed E-state index contributed by atoms with van der Waals surface area (Å²) in [5.74, 6) is 0. The Morgan fingerprint density at radius 2 is 1.85 bits per heavy atom. The molecule has 0 aliphatic carbocycles. The molecular formula is C16H20Cl2N2. The summed E-state index contributed by atoms with van der Waals surface area (Å²) in [6.45, 7) is 3.00. The van der Waals surface area contributed by atoms with Gasteiger partial charge < -0.3 is 5.73 Å². The Hall–Kier alpha value is -1.22. The van der Waals surface area contributed by atoms with Gasteiger partial charge in [-0.2, -0.15) is 0 Å². The van der Waals surface area contributed by atoms with E-state index in [1.165, 1.54) is 5.56 Å². The second-order valence-corrected chi connectivity index (χ2v) is 5.26. The van der Waals surface area contributed by atoms with Gasteiger partial charge in [0.25, 0.3) is 0 Å². The maximum Gasteiger partial charge on any atom is 0.0453 e. The number of nitrogen functional groups attached to an aromatic ring is 1. The second-order valence-electron chi connectivity index (χ2n) is 4.86. The molecule has 0 saturated carbocycles. The average molecular weight is 311 g/mol. The van der Waals surface area contributed by atoms with E-state index in [2.05, 4.69) is 31.0 Å². The molecule has 0 spiro atoms. The first-order chi connectivity index (χ1) is 9.08. The van der Waals surface area contributed by atoms with Crippen molar-refractivity contribution >= 4 is 29.7 Å². The van der Waals surface area contributed by atoms with Gasteiger partial charge in [0.15, 0.2) is 0 Å². The van der Waals surface area contributed by atoms with Crippen LogP contribution in [0.1, 0.15) is 24.1 Å². The molecule has 0 saturated heterocycles. The van der Waals surface area contributed by atoms with Crippen LogP contribution in [-0.4, -0.2) is 11.9 Å². The van der Waals surface area contributed by atoms with Crippen LogP contribution >= 0.6 is 24.0 Å². The molecule has 0 aliphatic heterocycles. The van der Waals surface area contributed by atoms with Gasteiger partial charge in [-0.15, -0.1) is 12.4 Å².